The van der Waals surface area contributed by atoms with Gasteiger partial charge in [0.05, 0.1) is 0 Å². The van der Waals surface area contributed by atoms with E-state index in [0.29, 0.717) is 12.5 Å². The number of aromatic nitrogens is 2. The maximum atomic E-state index is 5.52. The molecule has 0 fully saturated rings. The van der Waals surface area contributed by atoms with E-state index in [1.165, 1.54) is 11.1 Å². The molecule has 0 aliphatic carbocycles. The Labute approximate surface area is 114 Å². The van der Waals surface area contributed by atoms with Crippen LogP contribution in [0.15, 0.2) is 30.6 Å². The first-order chi connectivity index (χ1) is 9.10. The molecule has 0 bridgehead atoms. The van der Waals surface area contributed by atoms with Gasteiger partial charge < -0.3 is 10.6 Å². The first-order valence-corrected chi connectivity index (χ1v) is 6.43. The maximum absolute atomic E-state index is 5.52. The lowest BCUT2D eigenvalue weighted by atomic mass is 10.1. The fraction of sp³-hybridized carbons (Fsp3) is 0.333. The molecule has 0 aliphatic rings. The third-order valence-corrected chi connectivity index (χ3v) is 3.02. The Morgan fingerprint density at radius 3 is 2.16 bits per heavy atom. The molecule has 0 radical (unpaired) electrons. The van der Waals surface area contributed by atoms with E-state index in [-0.39, 0.29) is 0 Å². The molecule has 100 valence electrons. The van der Waals surface area contributed by atoms with Gasteiger partial charge in [-0.1, -0.05) is 6.07 Å². The molecule has 0 amide bonds. The molecule has 19 heavy (non-hydrogen) atoms. The standard InChI is InChI=1S/C15H20N4/c1-11-6-12(2)8-14(7-11)19(3)15-17-9-13(4-5-16)10-18-15/h6-10H,4-5,16H2,1-3H3. The van der Waals surface area contributed by atoms with Gasteiger partial charge in [-0.2, -0.15) is 0 Å². The summed E-state index contributed by atoms with van der Waals surface area (Å²) < 4.78 is 0. The van der Waals surface area contributed by atoms with Gasteiger partial charge in [-0.25, -0.2) is 9.97 Å². The summed E-state index contributed by atoms with van der Waals surface area (Å²) >= 11 is 0. The highest BCUT2D eigenvalue weighted by atomic mass is 15.2. The molecule has 0 aliphatic heterocycles. The van der Waals surface area contributed by atoms with Crippen LogP contribution in [0.5, 0.6) is 0 Å². The van der Waals surface area contributed by atoms with Crippen molar-refractivity contribution in [3.63, 3.8) is 0 Å². The lowest BCUT2D eigenvalue weighted by molar-refractivity contribution is 0.931. The molecule has 0 unspecified atom stereocenters. The number of hydrogen-bond acceptors (Lipinski definition) is 4. The van der Waals surface area contributed by atoms with Crippen molar-refractivity contribution in [2.75, 3.05) is 18.5 Å². The van der Waals surface area contributed by atoms with Gasteiger partial charge in [0.1, 0.15) is 0 Å². The molecular formula is C15H20N4. The molecule has 4 heteroatoms. The Morgan fingerprint density at radius 1 is 1.05 bits per heavy atom. The predicted molar refractivity (Wildman–Crippen MR) is 78.8 cm³/mol. The second-order valence-electron chi connectivity index (χ2n) is 4.83. The van der Waals surface area contributed by atoms with Crippen molar-refractivity contribution in [3.8, 4) is 0 Å². The van der Waals surface area contributed by atoms with E-state index in [1.807, 2.05) is 24.3 Å². The second kappa shape index (κ2) is 5.80. The summed E-state index contributed by atoms with van der Waals surface area (Å²) in [4.78, 5) is 10.8. The minimum Gasteiger partial charge on any atom is -0.330 e. The van der Waals surface area contributed by atoms with Crippen molar-refractivity contribution in [1.82, 2.24) is 9.97 Å². The number of benzene rings is 1. The third-order valence-electron chi connectivity index (χ3n) is 3.02. The predicted octanol–water partition coefficient (Wildman–Crippen LogP) is 2.36. The minimum atomic E-state index is 0.621. The highest BCUT2D eigenvalue weighted by Crippen LogP contribution is 2.22. The lowest BCUT2D eigenvalue weighted by Crippen LogP contribution is -2.14. The van der Waals surface area contributed by atoms with Crippen LogP contribution in [0.1, 0.15) is 16.7 Å². The van der Waals surface area contributed by atoms with Gasteiger partial charge >= 0.3 is 0 Å². The Hall–Kier alpha value is -1.94. The molecule has 2 aromatic rings. The summed E-state index contributed by atoms with van der Waals surface area (Å²) in [6.07, 6.45) is 4.50. The molecule has 2 N–H and O–H groups in total. The molecule has 2 rings (SSSR count). The number of nitrogens with two attached hydrogens (primary N) is 1. The normalized spacial score (nSPS) is 10.5. The number of anilines is 2. The second-order valence-corrected chi connectivity index (χ2v) is 4.83. The summed E-state index contributed by atoms with van der Waals surface area (Å²) in [6.45, 7) is 4.81. The van der Waals surface area contributed by atoms with Crippen LogP contribution in [0.4, 0.5) is 11.6 Å². The van der Waals surface area contributed by atoms with Crippen LogP contribution in [0.3, 0.4) is 0 Å². The van der Waals surface area contributed by atoms with Gasteiger partial charge in [0.15, 0.2) is 0 Å². The number of rotatable bonds is 4. The Bertz CT molecular complexity index is 528. The maximum Gasteiger partial charge on any atom is 0.229 e. The molecular weight excluding hydrogens is 236 g/mol. The van der Waals surface area contributed by atoms with Crippen molar-refractivity contribution in [2.24, 2.45) is 5.73 Å². The van der Waals surface area contributed by atoms with E-state index in [0.717, 1.165) is 17.7 Å². The van der Waals surface area contributed by atoms with Crippen LogP contribution in [-0.4, -0.2) is 23.6 Å². The number of nitrogens with zero attached hydrogens (tertiary/aromatic N) is 3. The van der Waals surface area contributed by atoms with E-state index < -0.39 is 0 Å². The molecule has 1 aromatic heterocycles. The monoisotopic (exact) mass is 256 g/mol. The smallest absolute Gasteiger partial charge is 0.229 e. The average Bonchev–Trinajstić information content (AvgIpc) is 2.38. The molecule has 1 heterocycles. The lowest BCUT2D eigenvalue weighted by Gasteiger charge is -2.18. The quantitative estimate of drug-likeness (QED) is 0.912. The minimum absolute atomic E-state index is 0.621. The van der Waals surface area contributed by atoms with Crippen LogP contribution in [-0.2, 0) is 6.42 Å². The van der Waals surface area contributed by atoms with Crippen molar-refractivity contribution >= 4 is 11.6 Å². The zero-order valence-electron chi connectivity index (χ0n) is 11.7. The van der Waals surface area contributed by atoms with Crippen LogP contribution in [0, 0.1) is 13.8 Å². The molecule has 0 saturated heterocycles. The highest BCUT2D eigenvalue weighted by Gasteiger charge is 2.07. The van der Waals surface area contributed by atoms with Gasteiger partial charge in [-0.3, -0.25) is 0 Å². The first-order valence-electron chi connectivity index (χ1n) is 6.43. The van der Waals surface area contributed by atoms with Gasteiger partial charge in [0, 0.05) is 25.1 Å². The summed E-state index contributed by atoms with van der Waals surface area (Å²) in [5.74, 6) is 0.700. The zero-order valence-corrected chi connectivity index (χ0v) is 11.7. The summed E-state index contributed by atoms with van der Waals surface area (Å²) in [5.41, 5.74) is 10.2. The Morgan fingerprint density at radius 2 is 1.63 bits per heavy atom. The van der Waals surface area contributed by atoms with E-state index in [9.17, 15) is 0 Å². The van der Waals surface area contributed by atoms with Gasteiger partial charge in [0.2, 0.25) is 5.95 Å². The van der Waals surface area contributed by atoms with Crippen LogP contribution >= 0.6 is 0 Å². The Balaban J connectivity index is 2.25. The number of aryl methyl sites for hydroxylation is 2. The first kappa shape index (κ1) is 13.5. The molecule has 4 nitrogen and oxygen atoms in total. The van der Waals surface area contributed by atoms with Crippen LogP contribution in [0.2, 0.25) is 0 Å². The summed E-state index contributed by atoms with van der Waals surface area (Å²) in [5, 5.41) is 0. The fourth-order valence-electron chi connectivity index (χ4n) is 2.08. The summed E-state index contributed by atoms with van der Waals surface area (Å²) in [6, 6.07) is 6.41. The van der Waals surface area contributed by atoms with Gasteiger partial charge in [-0.05, 0) is 55.6 Å². The largest absolute Gasteiger partial charge is 0.330 e. The van der Waals surface area contributed by atoms with Crippen molar-refractivity contribution in [1.29, 1.82) is 0 Å². The number of hydrogen-bond donors (Lipinski definition) is 1. The molecule has 0 spiro atoms. The molecule has 0 saturated carbocycles. The molecule has 1 aromatic carbocycles. The van der Waals surface area contributed by atoms with Crippen molar-refractivity contribution in [3.05, 3.63) is 47.3 Å². The summed E-state index contributed by atoms with van der Waals surface area (Å²) in [7, 11) is 1.98. The van der Waals surface area contributed by atoms with E-state index in [4.69, 9.17) is 5.73 Å². The van der Waals surface area contributed by atoms with Crippen molar-refractivity contribution < 1.29 is 0 Å². The Kier molecular flexibility index (Phi) is 4.12. The van der Waals surface area contributed by atoms with Crippen molar-refractivity contribution in [2.45, 2.75) is 20.3 Å². The van der Waals surface area contributed by atoms with Gasteiger partial charge in [0.25, 0.3) is 0 Å². The topological polar surface area (TPSA) is 55.0 Å². The van der Waals surface area contributed by atoms with E-state index in [1.54, 1.807) is 0 Å². The SMILES string of the molecule is Cc1cc(C)cc(N(C)c2ncc(CCN)cn2)c1. The molecule has 0 atom stereocenters. The highest BCUT2D eigenvalue weighted by molar-refractivity contribution is 5.58. The van der Waals surface area contributed by atoms with E-state index >= 15 is 0 Å². The zero-order chi connectivity index (χ0) is 13.8. The third kappa shape index (κ3) is 3.29. The fourth-order valence-corrected chi connectivity index (χ4v) is 2.08. The van der Waals surface area contributed by atoms with Gasteiger partial charge in [-0.15, -0.1) is 0 Å². The average molecular weight is 256 g/mol. The van der Waals surface area contributed by atoms with Crippen LogP contribution in [0.25, 0.3) is 0 Å². The van der Waals surface area contributed by atoms with E-state index in [2.05, 4.69) is 42.0 Å². The van der Waals surface area contributed by atoms with Crippen LogP contribution < -0.4 is 10.6 Å².